The lowest BCUT2D eigenvalue weighted by Crippen LogP contribution is -2.39. The molecule has 2 fully saturated rings. The average molecular weight is 296 g/mol. The van der Waals surface area contributed by atoms with E-state index in [0.29, 0.717) is 23.9 Å². The molecule has 0 aromatic carbocycles. The fourth-order valence-corrected chi connectivity index (χ4v) is 4.04. The summed E-state index contributed by atoms with van der Waals surface area (Å²) in [5.41, 5.74) is 6.10. The second-order valence-electron chi connectivity index (χ2n) is 6.10. The van der Waals surface area contributed by atoms with Gasteiger partial charge in [-0.25, -0.2) is 0 Å². The number of rotatable bonds is 5. The van der Waals surface area contributed by atoms with Gasteiger partial charge in [0.1, 0.15) is 0 Å². The van der Waals surface area contributed by atoms with Gasteiger partial charge in [-0.2, -0.15) is 16.7 Å². The second-order valence-corrected chi connectivity index (χ2v) is 7.08. The first kappa shape index (κ1) is 14.4. The molecule has 20 heavy (non-hydrogen) atoms. The Bertz CT molecular complexity index is 438. The molecule has 2 N–H and O–H groups in total. The summed E-state index contributed by atoms with van der Waals surface area (Å²) in [5, 5.41) is 4.20. The standard InChI is InChI=1S/C14H24N4OS/c1-18-10-3-4-11(18)8-9(7-10)13-16-14(19-17-13)12(15)5-6-20-2/h9-12H,3-8,15H2,1-2H3. The largest absolute Gasteiger partial charge is 0.338 e. The number of hydrogen-bond donors (Lipinski definition) is 1. The molecule has 2 bridgehead atoms. The summed E-state index contributed by atoms with van der Waals surface area (Å²) in [4.78, 5) is 7.11. The van der Waals surface area contributed by atoms with Crippen LogP contribution in [-0.4, -0.2) is 46.2 Å². The van der Waals surface area contributed by atoms with Gasteiger partial charge in [-0.15, -0.1) is 0 Å². The van der Waals surface area contributed by atoms with Crippen LogP contribution in [0.2, 0.25) is 0 Å². The van der Waals surface area contributed by atoms with Gasteiger partial charge >= 0.3 is 0 Å². The molecule has 1 aromatic heterocycles. The van der Waals surface area contributed by atoms with E-state index < -0.39 is 0 Å². The third-order valence-corrected chi connectivity index (χ3v) is 5.51. The molecule has 3 rings (SSSR count). The van der Waals surface area contributed by atoms with E-state index in [2.05, 4.69) is 28.3 Å². The molecule has 1 aromatic rings. The lowest BCUT2D eigenvalue weighted by molar-refractivity contribution is 0.157. The van der Waals surface area contributed by atoms with E-state index in [1.54, 1.807) is 11.8 Å². The van der Waals surface area contributed by atoms with Crippen LogP contribution in [0.25, 0.3) is 0 Å². The summed E-state index contributed by atoms with van der Waals surface area (Å²) in [7, 11) is 2.25. The van der Waals surface area contributed by atoms with Gasteiger partial charge in [-0.05, 0) is 51.2 Å². The van der Waals surface area contributed by atoms with E-state index in [9.17, 15) is 0 Å². The molecule has 5 nitrogen and oxygen atoms in total. The van der Waals surface area contributed by atoms with Gasteiger partial charge in [0.15, 0.2) is 5.82 Å². The predicted molar refractivity (Wildman–Crippen MR) is 80.8 cm³/mol. The maximum Gasteiger partial charge on any atom is 0.243 e. The summed E-state index contributed by atoms with van der Waals surface area (Å²) in [6.45, 7) is 0. The Morgan fingerprint density at radius 3 is 2.75 bits per heavy atom. The molecule has 0 spiro atoms. The van der Waals surface area contributed by atoms with Crippen molar-refractivity contribution < 1.29 is 4.52 Å². The second kappa shape index (κ2) is 6.03. The Balaban J connectivity index is 1.65. The summed E-state index contributed by atoms with van der Waals surface area (Å²) in [6, 6.07) is 1.28. The van der Waals surface area contributed by atoms with Crippen molar-refractivity contribution in [3.8, 4) is 0 Å². The van der Waals surface area contributed by atoms with Crippen LogP contribution in [0.15, 0.2) is 4.52 Å². The molecular formula is C14H24N4OS. The van der Waals surface area contributed by atoms with Crippen LogP contribution in [0.1, 0.15) is 55.8 Å². The molecule has 0 amide bonds. The fourth-order valence-electron chi connectivity index (χ4n) is 3.55. The lowest BCUT2D eigenvalue weighted by atomic mass is 9.90. The number of nitrogens with two attached hydrogens (primary N) is 1. The van der Waals surface area contributed by atoms with Gasteiger partial charge in [-0.1, -0.05) is 5.16 Å². The third kappa shape index (κ3) is 2.73. The van der Waals surface area contributed by atoms with Crippen LogP contribution in [0, 0.1) is 0 Å². The van der Waals surface area contributed by atoms with Gasteiger partial charge in [0.05, 0.1) is 6.04 Å². The molecule has 0 saturated carbocycles. The minimum absolute atomic E-state index is 0.119. The Morgan fingerprint density at radius 1 is 1.40 bits per heavy atom. The smallest absolute Gasteiger partial charge is 0.243 e. The van der Waals surface area contributed by atoms with E-state index in [1.165, 1.54) is 12.8 Å². The lowest BCUT2D eigenvalue weighted by Gasteiger charge is -2.34. The highest BCUT2D eigenvalue weighted by molar-refractivity contribution is 7.98. The van der Waals surface area contributed by atoms with E-state index in [-0.39, 0.29) is 6.04 Å². The van der Waals surface area contributed by atoms with E-state index in [4.69, 9.17) is 10.3 Å². The molecule has 3 unspecified atom stereocenters. The van der Waals surface area contributed by atoms with Crippen molar-refractivity contribution in [2.75, 3.05) is 19.1 Å². The summed E-state index contributed by atoms with van der Waals surface area (Å²) in [5.74, 6) is 2.97. The van der Waals surface area contributed by atoms with Gasteiger partial charge in [-0.3, -0.25) is 0 Å². The molecular weight excluding hydrogens is 272 g/mol. The van der Waals surface area contributed by atoms with Crippen LogP contribution >= 0.6 is 11.8 Å². The highest BCUT2D eigenvalue weighted by Gasteiger charge is 2.40. The highest BCUT2D eigenvalue weighted by Crippen LogP contribution is 2.41. The minimum atomic E-state index is -0.119. The zero-order valence-electron chi connectivity index (χ0n) is 12.3. The average Bonchev–Trinajstić information content (AvgIpc) is 2.99. The number of nitrogens with zero attached hydrogens (tertiary/aromatic N) is 3. The predicted octanol–water partition coefficient (Wildman–Crippen LogP) is 2.16. The Kier molecular flexibility index (Phi) is 4.33. The van der Waals surface area contributed by atoms with Crippen LogP contribution < -0.4 is 5.73 Å². The fraction of sp³-hybridized carbons (Fsp3) is 0.857. The van der Waals surface area contributed by atoms with E-state index in [1.807, 2.05) is 0 Å². The SMILES string of the molecule is CSCCC(N)c1nc(C2CC3CCC(C2)N3C)no1. The maximum absolute atomic E-state index is 6.10. The normalized spacial score (nSPS) is 31.6. The maximum atomic E-state index is 6.10. The van der Waals surface area contributed by atoms with E-state index >= 15 is 0 Å². The highest BCUT2D eigenvalue weighted by atomic mass is 32.2. The topological polar surface area (TPSA) is 68.2 Å². The number of piperidine rings is 1. The number of fused-ring (bicyclic) bond motifs is 2. The van der Waals surface area contributed by atoms with Crippen molar-refractivity contribution >= 4 is 11.8 Å². The zero-order valence-corrected chi connectivity index (χ0v) is 13.1. The minimum Gasteiger partial charge on any atom is -0.338 e. The van der Waals surface area contributed by atoms with Crippen LogP contribution in [0.5, 0.6) is 0 Å². The molecule has 112 valence electrons. The molecule has 2 aliphatic heterocycles. The Morgan fingerprint density at radius 2 is 2.10 bits per heavy atom. The molecule has 2 aliphatic rings. The van der Waals surface area contributed by atoms with Gasteiger partial charge in [0.25, 0.3) is 0 Å². The van der Waals surface area contributed by atoms with Crippen molar-refractivity contribution in [1.29, 1.82) is 0 Å². The zero-order chi connectivity index (χ0) is 14.1. The van der Waals surface area contributed by atoms with Crippen molar-refractivity contribution in [3.63, 3.8) is 0 Å². The van der Waals surface area contributed by atoms with Crippen molar-refractivity contribution in [2.45, 2.75) is 56.1 Å². The van der Waals surface area contributed by atoms with Crippen LogP contribution in [0.3, 0.4) is 0 Å². The van der Waals surface area contributed by atoms with Crippen molar-refractivity contribution in [3.05, 3.63) is 11.7 Å². The van der Waals surface area contributed by atoms with Crippen molar-refractivity contribution in [2.24, 2.45) is 5.73 Å². The van der Waals surface area contributed by atoms with Gasteiger partial charge < -0.3 is 15.2 Å². The first-order valence-electron chi connectivity index (χ1n) is 7.49. The number of aromatic nitrogens is 2. The Hall–Kier alpha value is -0.590. The summed E-state index contributed by atoms with van der Waals surface area (Å²) >= 11 is 1.79. The Labute approximate surface area is 124 Å². The number of thioether (sulfide) groups is 1. The molecule has 6 heteroatoms. The first-order valence-corrected chi connectivity index (χ1v) is 8.88. The quantitative estimate of drug-likeness (QED) is 0.898. The number of hydrogen-bond acceptors (Lipinski definition) is 6. The van der Waals surface area contributed by atoms with Gasteiger partial charge in [0.2, 0.25) is 5.89 Å². The van der Waals surface area contributed by atoms with Crippen LogP contribution in [0.4, 0.5) is 0 Å². The van der Waals surface area contributed by atoms with Crippen LogP contribution in [-0.2, 0) is 0 Å². The monoisotopic (exact) mass is 296 g/mol. The molecule has 3 atom stereocenters. The molecule has 0 radical (unpaired) electrons. The molecule has 2 saturated heterocycles. The van der Waals surface area contributed by atoms with Crippen molar-refractivity contribution in [1.82, 2.24) is 15.0 Å². The molecule has 3 heterocycles. The van der Waals surface area contributed by atoms with Gasteiger partial charge in [0, 0.05) is 18.0 Å². The first-order chi connectivity index (χ1) is 9.69. The summed E-state index contributed by atoms with van der Waals surface area (Å²) < 4.78 is 5.39. The third-order valence-electron chi connectivity index (χ3n) is 4.87. The van der Waals surface area contributed by atoms with E-state index in [0.717, 1.165) is 30.8 Å². The molecule has 0 aliphatic carbocycles. The summed E-state index contributed by atoms with van der Waals surface area (Å²) in [6.07, 6.45) is 7.92.